The Morgan fingerprint density at radius 2 is 2.10 bits per heavy atom. The fourth-order valence-corrected chi connectivity index (χ4v) is 0.803. The van der Waals surface area contributed by atoms with Crippen molar-refractivity contribution >= 4 is 28.4 Å². The van der Waals surface area contributed by atoms with Gasteiger partial charge in [-0.1, -0.05) is 23.7 Å². The van der Waals surface area contributed by atoms with Gasteiger partial charge in [0.2, 0.25) is 0 Å². The Balaban J connectivity index is 3.68. The van der Waals surface area contributed by atoms with Gasteiger partial charge in [0.05, 0.1) is 16.1 Å². The molecule has 0 N–H and O–H groups in total. The second kappa shape index (κ2) is 3.04. The highest BCUT2D eigenvalue weighted by atomic mass is 35.5. The Morgan fingerprint density at radius 3 is 2.70 bits per heavy atom. The molecule has 0 heterocycles. The maximum Gasteiger partial charge on any atom is 0.253 e. The van der Waals surface area contributed by atoms with Gasteiger partial charge < -0.3 is 0 Å². The van der Waals surface area contributed by atoms with Crippen LogP contribution in [0.3, 0.4) is 0 Å². The van der Waals surface area contributed by atoms with Crippen LogP contribution in [0.5, 0.6) is 0 Å². The Kier molecular flexibility index (Phi) is 1.14. The fourth-order valence-electron chi connectivity index (χ4n) is 0.433. The SMILES string of the molecule is [2H]c1c([2H])c([2H])c(C(=O)Cl)c(Cl)c1[2H]. The molecule has 3 heteroatoms. The largest absolute Gasteiger partial charge is 0.276 e. The molecule has 0 aliphatic rings. The molecular weight excluding hydrogens is 171 g/mol. The lowest BCUT2D eigenvalue weighted by molar-refractivity contribution is 0.108. The first-order chi connectivity index (χ1) is 6.37. The molecule has 0 radical (unpaired) electrons. The predicted octanol–water partition coefficient (Wildman–Crippen LogP) is 2.72. The van der Waals surface area contributed by atoms with Gasteiger partial charge in [0, 0.05) is 0 Å². The van der Waals surface area contributed by atoms with E-state index >= 15 is 0 Å². The summed E-state index contributed by atoms with van der Waals surface area (Å²) in [5, 5.41) is -1.35. The molecule has 0 atom stereocenters. The van der Waals surface area contributed by atoms with E-state index in [4.69, 9.17) is 28.7 Å². The second-order valence-corrected chi connectivity index (χ2v) is 2.18. The molecular formula is C7H4Cl2O. The summed E-state index contributed by atoms with van der Waals surface area (Å²) >= 11 is 10.7. The third kappa shape index (κ3) is 1.49. The number of halogens is 2. The summed E-state index contributed by atoms with van der Waals surface area (Å²) in [6, 6.07) is -1.99. The van der Waals surface area contributed by atoms with E-state index in [0.717, 1.165) is 0 Å². The van der Waals surface area contributed by atoms with Gasteiger partial charge in [-0.3, -0.25) is 4.79 Å². The van der Waals surface area contributed by atoms with Crippen LogP contribution in [0.2, 0.25) is 5.02 Å². The third-order valence-corrected chi connectivity index (χ3v) is 1.31. The van der Waals surface area contributed by atoms with E-state index in [1.54, 1.807) is 0 Å². The highest BCUT2D eigenvalue weighted by molar-refractivity contribution is 6.68. The maximum absolute atomic E-state index is 10.8. The van der Waals surface area contributed by atoms with Crippen LogP contribution in [0.1, 0.15) is 15.8 Å². The van der Waals surface area contributed by atoms with Crippen LogP contribution in [-0.2, 0) is 0 Å². The topological polar surface area (TPSA) is 17.1 Å². The van der Waals surface area contributed by atoms with Crippen molar-refractivity contribution in [2.45, 2.75) is 0 Å². The van der Waals surface area contributed by atoms with Crippen LogP contribution >= 0.6 is 23.2 Å². The molecule has 0 unspecified atom stereocenters. The van der Waals surface area contributed by atoms with E-state index < -0.39 is 29.4 Å². The number of carbonyl (C=O) groups excluding carboxylic acids is 1. The van der Waals surface area contributed by atoms with Crippen molar-refractivity contribution in [3.8, 4) is 0 Å². The van der Waals surface area contributed by atoms with Gasteiger partial charge in [0.1, 0.15) is 0 Å². The van der Waals surface area contributed by atoms with Crippen molar-refractivity contribution in [2.24, 2.45) is 0 Å². The Bertz CT molecular complexity index is 390. The minimum Gasteiger partial charge on any atom is -0.276 e. The predicted molar refractivity (Wildman–Crippen MR) is 41.6 cm³/mol. The van der Waals surface area contributed by atoms with E-state index in [1.165, 1.54) is 0 Å². The summed E-state index contributed by atoms with van der Waals surface area (Å²) in [5.41, 5.74) is -0.390. The van der Waals surface area contributed by atoms with Crippen LogP contribution in [0.4, 0.5) is 0 Å². The minimum atomic E-state index is -0.998. The van der Waals surface area contributed by atoms with Gasteiger partial charge in [0.15, 0.2) is 0 Å². The molecule has 1 rings (SSSR count). The average Bonchev–Trinajstić information content (AvgIpc) is 2.11. The molecule has 0 aromatic heterocycles. The van der Waals surface area contributed by atoms with Gasteiger partial charge in [-0.15, -0.1) is 0 Å². The van der Waals surface area contributed by atoms with E-state index in [9.17, 15) is 4.79 Å². The quantitative estimate of drug-likeness (QED) is 0.605. The number of hydrogen-bond donors (Lipinski definition) is 0. The molecule has 0 aliphatic heterocycles. The van der Waals surface area contributed by atoms with Crippen LogP contribution in [-0.4, -0.2) is 5.24 Å². The summed E-state index contributed by atoms with van der Waals surface area (Å²) in [7, 11) is 0. The zero-order valence-electron chi connectivity index (χ0n) is 8.66. The number of rotatable bonds is 1. The van der Waals surface area contributed by atoms with Gasteiger partial charge in [-0.25, -0.2) is 0 Å². The van der Waals surface area contributed by atoms with Crippen molar-refractivity contribution in [2.75, 3.05) is 0 Å². The Hall–Kier alpha value is -0.530. The summed E-state index contributed by atoms with van der Waals surface area (Å²) in [6.07, 6.45) is 0. The first-order valence-electron chi connectivity index (χ1n) is 4.33. The highest BCUT2D eigenvalue weighted by Crippen LogP contribution is 2.16. The van der Waals surface area contributed by atoms with Crippen molar-refractivity contribution in [3.05, 3.63) is 34.8 Å². The number of hydrogen-bond acceptors (Lipinski definition) is 1. The van der Waals surface area contributed by atoms with Gasteiger partial charge in [-0.2, -0.15) is 0 Å². The van der Waals surface area contributed by atoms with Crippen molar-refractivity contribution in [1.29, 1.82) is 0 Å². The highest BCUT2D eigenvalue weighted by Gasteiger charge is 2.03. The van der Waals surface area contributed by atoms with Crippen molar-refractivity contribution in [1.82, 2.24) is 0 Å². The summed E-state index contributed by atoms with van der Waals surface area (Å²) in [4.78, 5) is 10.8. The fraction of sp³-hybridized carbons (Fsp3) is 0. The molecule has 0 aliphatic carbocycles. The van der Waals surface area contributed by atoms with E-state index in [1.807, 2.05) is 0 Å². The molecule has 0 saturated carbocycles. The average molecular weight is 179 g/mol. The standard InChI is InChI=1S/C7H4Cl2O/c8-6-4-2-1-3-5(6)7(9)10/h1-4H/i1D,2D,3D,4D. The molecule has 0 saturated heterocycles. The van der Waals surface area contributed by atoms with Crippen LogP contribution < -0.4 is 0 Å². The first-order valence-corrected chi connectivity index (χ1v) is 3.09. The summed E-state index contributed by atoms with van der Waals surface area (Å²) < 4.78 is 29.1. The number of carbonyl (C=O) groups is 1. The van der Waals surface area contributed by atoms with Crippen molar-refractivity contribution < 1.29 is 10.3 Å². The monoisotopic (exact) mass is 178 g/mol. The van der Waals surface area contributed by atoms with E-state index in [-0.39, 0.29) is 10.6 Å². The molecule has 0 spiro atoms. The van der Waals surface area contributed by atoms with Gasteiger partial charge in [-0.05, 0) is 23.7 Å². The summed E-state index contributed by atoms with van der Waals surface area (Å²) in [5.74, 6) is 0. The zero-order chi connectivity index (χ0) is 11.0. The lowest BCUT2D eigenvalue weighted by atomic mass is 10.2. The van der Waals surface area contributed by atoms with Gasteiger partial charge >= 0.3 is 0 Å². The molecule has 0 amide bonds. The van der Waals surface area contributed by atoms with E-state index in [2.05, 4.69) is 0 Å². The van der Waals surface area contributed by atoms with Crippen LogP contribution in [0, 0.1) is 0 Å². The van der Waals surface area contributed by atoms with Gasteiger partial charge in [0.25, 0.3) is 5.24 Å². The van der Waals surface area contributed by atoms with E-state index in [0.29, 0.717) is 0 Å². The number of benzene rings is 1. The lowest BCUT2D eigenvalue weighted by Crippen LogP contribution is -1.87. The van der Waals surface area contributed by atoms with Crippen LogP contribution in [0.25, 0.3) is 0 Å². The summed E-state index contributed by atoms with van der Waals surface area (Å²) in [6.45, 7) is 0. The zero-order valence-corrected chi connectivity index (χ0v) is 6.18. The molecule has 0 bridgehead atoms. The third-order valence-electron chi connectivity index (χ3n) is 0.838. The lowest BCUT2D eigenvalue weighted by Gasteiger charge is -1.93. The normalized spacial score (nSPS) is 15.0. The molecule has 1 aromatic carbocycles. The Labute approximate surface area is 74.2 Å². The molecule has 1 nitrogen and oxygen atoms in total. The molecule has 1 aromatic rings. The first kappa shape index (κ1) is 3.74. The van der Waals surface area contributed by atoms with Crippen molar-refractivity contribution in [3.63, 3.8) is 0 Å². The molecule has 52 valence electrons. The second-order valence-electron chi connectivity index (χ2n) is 1.46. The minimum absolute atomic E-state index is 0.351. The Morgan fingerprint density at radius 1 is 1.50 bits per heavy atom. The molecule has 10 heavy (non-hydrogen) atoms. The molecule has 0 fully saturated rings. The maximum atomic E-state index is 10.8. The van der Waals surface area contributed by atoms with Crippen LogP contribution in [0.15, 0.2) is 24.2 Å². The smallest absolute Gasteiger partial charge is 0.253 e.